The second-order valence-electron chi connectivity index (χ2n) is 5.30. The Balaban J connectivity index is 2.04. The van der Waals surface area contributed by atoms with Gasteiger partial charge in [0.1, 0.15) is 22.8 Å². The lowest BCUT2D eigenvalue weighted by Gasteiger charge is -2.09. The van der Waals surface area contributed by atoms with Crippen LogP contribution in [0.4, 0.5) is 0 Å². The maximum Gasteiger partial charge on any atom is 0.235 e. The van der Waals surface area contributed by atoms with Crippen molar-refractivity contribution in [2.24, 2.45) is 0 Å². The Bertz CT molecular complexity index is 866. The first-order valence-corrected chi connectivity index (χ1v) is 7.18. The number of hydrogen-bond acceptors (Lipinski definition) is 6. The lowest BCUT2D eigenvalue weighted by molar-refractivity contribution is 0.101. The molecule has 6 heteroatoms. The van der Waals surface area contributed by atoms with Crippen LogP contribution in [0.5, 0.6) is 28.7 Å². The third-order valence-corrected chi connectivity index (χ3v) is 3.84. The number of phenols is 2. The molecule has 0 amide bonds. The van der Waals surface area contributed by atoms with Crippen molar-refractivity contribution < 1.29 is 29.2 Å². The van der Waals surface area contributed by atoms with E-state index in [1.165, 1.54) is 32.4 Å². The normalized spacial score (nSPS) is 14.5. The molecule has 24 heavy (non-hydrogen) atoms. The predicted octanol–water partition coefficient (Wildman–Crippen LogP) is 3.04. The second kappa shape index (κ2) is 5.81. The number of methoxy groups -OCH3 is 2. The summed E-state index contributed by atoms with van der Waals surface area (Å²) in [4.78, 5) is 12.6. The lowest BCUT2D eigenvalue weighted by atomic mass is 10.0. The van der Waals surface area contributed by atoms with Gasteiger partial charge in [-0.15, -0.1) is 0 Å². The van der Waals surface area contributed by atoms with Gasteiger partial charge >= 0.3 is 0 Å². The van der Waals surface area contributed by atoms with Crippen LogP contribution in [-0.2, 0) is 0 Å². The van der Waals surface area contributed by atoms with Gasteiger partial charge in [0, 0.05) is 11.6 Å². The zero-order valence-corrected chi connectivity index (χ0v) is 13.4. The van der Waals surface area contributed by atoms with Crippen LogP contribution in [-0.4, -0.2) is 30.2 Å². The zero-order chi connectivity index (χ0) is 17.4. The van der Waals surface area contributed by atoms with E-state index in [9.17, 15) is 15.0 Å². The number of aromatic hydroxyl groups is 2. The Morgan fingerprint density at radius 3 is 2.46 bits per heavy atom. The second-order valence-corrected chi connectivity index (χ2v) is 5.30. The van der Waals surface area contributed by atoms with Crippen molar-refractivity contribution in [3.8, 4) is 28.7 Å². The van der Waals surface area contributed by atoms with E-state index in [1.54, 1.807) is 19.1 Å². The van der Waals surface area contributed by atoms with Crippen LogP contribution in [0.3, 0.4) is 0 Å². The van der Waals surface area contributed by atoms with Gasteiger partial charge in [-0.25, -0.2) is 0 Å². The van der Waals surface area contributed by atoms with Crippen molar-refractivity contribution in [3.63, 3.8) is 0 Å². The summed E-state index contributed by atoms with van der Waals surface area (Å²) in [6, 6.07) is 6.12. The van der Waals surface area contributed by atoms with Gasteiger partial charge in [-0.05, 0) is 30.7 Å². The third kappa shape index (κ3) is 2.42. The maximum absolute atomic E-state index is 12.6. The van der Waals surface area contributed by atoms with Gasteiger partial charge in [0.15, 0.2) is 17.3 Å². The van der Waals surface area contributed by atoms with Gasteiger partial charge in [-0.2, -0.15) is 0 Å². The third-order valence-electron chi connectivity index (χ3n) is 3.84. The van der Waals surface area contributed by atoms with Crippen molar-refractivity contribution in [2.75, 3.05) is 14.2 Å². The molecular weight excluding hydrogens is 312 g/mol. The molecule has 0 unspecified atom stereocenters. The van der Waals surface area contributed by atoms with Crippen LogP contribution in [0, 0.1) is 6.92 Å². The molecule has 124 valence electrons. The van der Waals surface area contributed by atoms with E-state index in [2.05, 4.69) is 0 Å². The van der Waals surface area contributed by atoms with Crippen molar-refractivity contribution >= 4 is 11.9 Å². The summed E-state index contributed by atoms with van der Waals surface area (Å²) in [6.45, 7) is 1.66. The summed E-state index contributed by atoms with van der Waals surface area (Å²) in [7, 11) is 2.88. The number of ether oxygens (including phenoxy) is 3. The van der Waals surface area contributed by atoms with Gasteiger partial charge in [0.2, 0.25) is 5.78 Å². The molecule has 3 rings (SSSR count). The van der Waals surface area contributed by atoms with E-state index in [1.807, 2.05) is 0 Å². The molecule has 6 nitrogen and oxygen atoms in total. The van der Waals surface area contributed by atoms with E-state index in [0.717, 1.165) is 0 Å². The van der Waals surface area contributed by atoms with Crippen LogP contribution in [0.15, 0.2) is 30.0 Å². The predicted molar refractivity (Wildman–Crippen MR) is 87.0 cm³/mol. The van der Waals surface area contributed by atoms with Crippen LogP contribution in [0.1, 0.15) is 21.5 Å². The molecule has 2 aromatic rings. The van der Waals surface area contributed by atoms with Crippen LogP contribution >= 0.6 is 0 Å². The van der Waals surface area contributed by atoms with Crippen LogP contribution in [0.2, 0.25) is 0 Å². The standard InChI is InChI=1S/C18H16O6/c1-9-11(19)8-14-16(18(9)23-3)17(21)15(24-14)7-10-4-5-13(22-2)12(20)6-10/h4-8,19-20H,1-3H3/b15-7-. The number of allylic oxidation sites excluding steroid dienone is 1. The molecule has 0 aromatic heterocycles. The van der Waals surface area contributed by atoms with Gasteiger partial charge in [-0.3, -0.25) is 4.79 Å². The van der Waals surface area contributed by atoms with E-state index >= 15 is 0 Å². The molecule has 1 heterocycles. The summed E-state index contributed by atoms with van der Waals surface area (Å²) in [5.41, 5.74) is 1.32. The summed E-state index contributed by atoms with van der Waals surface area (Å²) >= 11 is 0. The molecule has 0 aliphatic carbocycles. The minimum Gasteiger partial charge on any atom is -0.507 e. The molecule has 1 aliphatic heterocycles. The van der Waals surface area contributed by atoms with Crippen LogP contribution < -0.4 is 14.2 Å². The molecule has 0 bridgehead atoms. The fourth-order valence-corrected chi connectivity index (χ4v) is 2.60. The topological polar surface area (TPSA) is 85.2 Å². The largest absolute Gasteiger partial charge is 0.507 e. The smallest absolute Gasteiger partial charge is 0.235 e. The summed E-state index contributed by atoms with van der Waals surface area (Å²) in [5, 5.41) is 19.7. The number of carbonyl (C=O) groups is 1. The molecule has 0 spiro atoms. The number of Topliss-reactive ketones (excluding diaryl/α,β-unsaturated/α-hetero) is 1. The number of rotatable bonds is 3. The number of phenolic OH excluding ortho intramolecular Hbond substituents is 2. The number of ketones is 1. The zero-order valence-electron chi connectivity index (χ0n) is 13.4. The minimum absolute atomic E-state index is 0.0123. The highest BCUT2D eigenvalue weighted by atomic mass is 16.5. The fourth-order valence-electron chi connectivity index (χ4n) is 2.60. The highest BCUT2D eigenvalue weighted by Gasteiger charge is 2.33. The monoisotopic (exact) mass is 328 g/mol. The van der Waals surface area contributed by atoms with Crippen molar-refractivity contribution in [1.82, 2.24) is 0 Å². The van der Waals surface area contributed by atoms with Crippen LogP contribution in [0.25, 0.3) is 6.08 Å². The molecule has 0 fully saturated rings. The average molecular weight is 328 g/mol. The van der Waals surface area contributed by atoms with Crippen molar-refractivity contribution in [1.29, 1.82) is 0 Å². The highest BCUT2D eigenvalue weighted by Crippen LogP contribution is 2.44. The minimum atomic E-state index is -0.347. The number of fused-ring (bicyclic) bond motifs is 1. The molecule has 2 N–H and O–H groups in total. The first kappa shape index (κ1) is 15.7. The van der Waals surface area contributed by atoms with E-state index in [0.29, 0.717) is 16.9 Å². The van der Waals surface area contributed by atoms with Gasteiger partial charge in [0.05, 0.1) is 14.2 Å². The van der Waals surface area contributed by atoms with Crippen molar-refractivity contribution in [3.05, 3.63) is 46.7 Å². The van der Waals surface area contributed by atoms with E-state index in [4.69, 9.17) is 14.2 Å². The first-order chi connectivity index (χ1) is 11.5. The van der Waals surface area contributed by atoms with Crippen molar-refractivity contribution in [2.45, 2.75) is 6.92 Å². The summed E-state index contributed by atoms with van der Waals surface area (Å²) in [5.74, 6) is 0.543. The number of hydrogen-bond donors (Lipinski definition) is 2. The molecule has 0 saturated heterocycles. The molecule has 2 aromatic carbocycles. The molecule has 0 saturated carbocycles. The summed E-state index contributed by atoms with van der Waals surface area (Å²) < 4.78 is 15.8. The van der Waals surface area contributed by atoms with Gasteiger partial charge in [-0.1, -0.05) is 6.07 Å². The van der Waals surface area contributed by atoms with Gasteiger partial charge < -0.3 is 24.4 Å². The quantitative estimate of drug-likeness (QED) is 0.843. The SMILES string of the molecule is COc1ccc(/C=C2\Oc3cc(O)c(C)c(OC)c3C2=O)cc1O. The lowest BCUT2D eigenvalue weighted by Crippen LogP contribution is -2.01. The Labute approximate surface area is 138 Å². The Kier molecular flexibility index (Phi) is 3.81. The molecule has 0 radical (unpaired) electrons. The summed E-state index contributed by atoms with van der Waals surface area (Å²) in [6.07, 6.45) is 1.51. The Morgan fingerprint density at radius 1 is 1.08 bits per heavy atom. The fraction of sp³-hybridized carbons (Fsp3) is 0.167. The highest BCUT2D eigenvalue weighted by molar-refractivity contribution is 6.16. The molecule has 0 atom stereocenters. The first-order valence-electron chi connectivity index (χ1n) is 7.18. The van der Waals surface area contributed by atoms with Gasteiger partial charge in [0.25, 0.3) is 0 Å². The Hall–Kier alpha value is -3.15. The maximum atomic E-state index is 12.6. The van der Waals surface area contributed by atoms with E-state index < -0.39 is 0 Å². The molecule has 1 aliphatic rings. The number of benzene rings is 2. The molecular formula is C18H16O6. The number of carbonyl (C=O) groups excluding carboxylic acids is 1. The Morgan fingerprint density at radius 2 is 1.83 bits per heavy atom. The van der Waals surface area contributed by atoms with E-state index in [-0.39, 0.29) is 40.1 Å². The average Bonchev–Trinajstić information content (AvgIpc) is 2.85.